The van der Waals surface area contributed by atoms with Gasteiger partial charge in [-0.2, -0.15) is 0 Å². The molecule has 0 radical (unpaired) electrons. The summed E-state index contributed by atoms with van der Waals surface area (Å²) in [5.74, 6) is -5.75. The number of carbonyl (C=O) groups is 6. The van der Waals surface area contributed by atoms with Gasteiger partial charge in [-0.1, -0.05) is 18.2 Å². The second-order valence-corrected chi connectivity index (χ2v) is 9.91. The lowest BCUT2D eigenvalue weighted by molar-refractivity contribution is -0.142. The Balaban J connectivity index is 1.82. The lowest BCUT2D eigenvalue weighted by atomic mass is 10.0. The summed E-state index contributed by atoms with van der Waals surface area (Å²) in [5.41, 5.74) is 13.0. The van der Waals surface area contributed by atoms with Crippen molar-refractivity contribution in [2.75, 3.05) is 0 Å². The zero-order valence-electron chi connectivity index (χ0n) is 23.0. The highest BCUT2D eigenvalue weighted by atomic mass is 16.4. The van der Waals surface area contributed by atoms with Crippen molar-refractivity contribution < 1.29 is 39.0 Å². The van der Waals surface area contributed by atoms with Crippen molar-refractivity contribution in [3.8, 4) is 0 Å². The number of carbonyl (C=O) groups excluding carboxylic acids is 4. The van der Waals surface area contributed by atoms with Crippen LogP contribution in [0.25, 0.3) is 10.9 Å². The predicted octanol–water partition coefficient (Wildman–Crippen LogP) is -1.33. The summed E-state index contributed by atoms with van der Waals surface area (Å²) in [6.07, 6.45) is 3.11. The van der Waals surface area contributed by atoms with E-state index in [2.05, 4.69) is 30.9 Å². The smallest absolute Gasteiger partial charge is 0.326 e. The largest absolute Gasteiger partial charge is 0.481 e. The maximum absolute atomic E-state index is 13.6. The van der Waals surface area contributed by atoms with E-state index in [-0.39, 0.29) is 38.5 Å². The Morgan fingerprint density at radius 2 is 1.51 bits per heavy atom. The zero-order chi connectivity index (χ0) is 31.5. The Hall–Kier alpha value is -5.25. The Kier molecular flexibility index (Phi) is 11.3. The predicted molar refractivity (Wildman–Crippen MR) is 151 cm³/mol. The normalized spacial score (nSPS) is 13.8. The summed E-state index contributed by atoms with van der Waals surface area (Å²) in [7, 11) is 0. The van der Waals surface area contributed by atoms with Crippen LogP contribution in [0, 0.1) is 0 Å². The van der Waals surface area contributed by atoms with E-state index in [4.69, 9.17) is 16.6 Å². The van der Waals surface area contributed by atoms with Gasteiger partial charge in [0.2, 0.25) is 23.6 Å². The Bertz CT molecular complexity index is 1450. The molecule has 0 saturated carbocycles. The maximum atomic E-state index is 13.6. The summed E-state index contributed by atoms with van der Waals surface area (Å²) in [5, 5.41) is 26.7. The molecule has 4 amide bonds. The number of para-hydroxylation sites is 1. The number of hydrogen-bond donors (Lipinski definition) is 9. The molecule has 230 valence electrons. The van der Waals surface area contributed by atoms with E-state index in [1.807, 2.05) is 18.2 Å². The molecule has 3 aromatic rings. The minimum Gasteiger partial charge on any atom is -0.481 e. The number of imidazole rings is 1. The Labute approximate surface area is 245 Å². The van der Waals surface area contributed by atoms with Crippen LogP contribution < -0.4 is 27.4 Å². The van der Waals surface area contributed by atoms with Crippen molar-refractivity contribution in [2.24, 2.45) is 11.5 Å². The molecule has 3 rings (SSSR count). The first-order valence-electron chi connectivity index (χ1n) is 13.4. The Morgan fingerprint density at radius 3 is 2.16 bits per heavy atom. The number of benzene rings is 1. The second-order valence-electron chi connectivity index (χ2n) is 9.91. The summed E-state index contributed by atoms with van der Waals surface area (Å²) in [6, 6.07) is 1.93. The number of rotatable bonds is 17. The summed E-state index contributed by atoms with van der Waals surface area (Å²) < 4.78 is 0. The molecule has 4 atom stereocenters. The minimum absolute atomic E-state index is 0.0467. The molecular weight excluding hydrogens is 564 g/mol. The van der Waals surface area contributed by atoms with Crippen molar-refractivity contribution in [2.45, 2.75) is 62.7 Å². The van der Waals surface area contributed by atoms with E-state index in [1.165, 1.54) is 12.5 Å². The molecule has 2 heterocycles. The second kappa shape index (κ2) is 15.1. The van der Waals surface area contributed by atoms with Gasteiger partial charge in [-0.3, -0.25) is 24.0 Å². The van der Waals surface area contributed by atoms with Crippen LogP contribution in [0.3, 0.4) is 0 Å². The van der Waals surface area contributed by atoms with Crippen molar-refractivity contribution in [3.05, 3.63) is 54.2 Å². The highest BCUT2D eigenvalue weighted by molar-refractivity contribution is 5.95. The molecule has 0 spiro atoms. The number of nitrogens with one attached hydrogen (secondary N) is 5. The molecule has 16 nitrogen and oxygen atoms in total. The van der Waals surface area contributed by atoms with Gasteiger partial charge >= 0.3 is 11.9 Å². The number of hydrogen-bond acceptors (Lipinski definition) is 8. The number of carboxylic acids is 2. The summed E-state index contributed by atoms with van der Waals surface area (Å²) in [4.78, 5) is 83.5. The van der Waals surface area contributed by atoms with E-state index in [1.54, 1.807) is 12.3 Å². The van der Waals surface area contributed by atoms with Gasteiger partial charge < -0.3 is 47.6 Å². The average Bonchev–Trinajstić information content (AvgIpc) is 3.62. The molecule has 0 aliphatic carbocycles. The van der Waals surface area contributed by atoms with E-state index in [0.717, 1.165) is 10.9 Å². The lowest BCUT2D eigenvalue weighted by Gasteiger charge is -2.25. The third-order valence-electron chi connectivity index (χ3n) is 6.64. The first kappa shape index (κ1) is 32.3. The third kappa shape index (κ3) is 9.67. The van der Waals surface area contributed by atoms with Crippen LogP contribution in [0.15, 0.2) is 43.0 Å². The standard InChI is InChI=1S/C27H34N8O8/c28-17(5-8-23(37)38)24(39)34-20(9-14-11-31-18-4-2-1-3-16(14)18)26(41)33-19(6-7-22(29)36)25(40)35-21(27(42)43)10-15-12-30-13-32-15/h1-4,11-13,17,19-21,31H,5-10,28H2,(H2,29,36)(H,30,32)(H,33,41)(H,34,39)(H,35,40)(H,37,38)(H,42,43). The van der Waals surface area contributed by atoms with Gasteiger partial charge in [0.25, 0.3) is 0 Å². The molecule has 43 heavy (non-hydrogen) atoms. The van der Waals surface area contributed by atoms with Gasteiger partial charge in [0.15, 0.2) is 0 Å². The van der Waals surface area contributed by atoms with E-state index in [9.17, 15) is 33.9 Å². The van der Waals surface area contributed by atoms with Crippen LogP contribution in [0.1, 0.15) is 36.9 Å². The number of aromatic nitrogens is 3. The van der Waals surface area contributed by atoms with Gasteiger partial charge in [0.05, 0.1) is 12.4 Å². The first-order chi connectivity index (χ1) is 20.4. The number of H-pyrrole nitrogens is 2. The van der Waals surface area contributed by atoms with Gasteiger partial charge in [-0.05, 0) is 24.5 Å². The fraction of sp³-hybridized carbons (Fsp3) is 0.370. The number of aromatic amines is 2. The van der Waals surface area contributed by atoms with Crippen LogP contribution in [-0.4, -0.2) is 84.9 Å². The molecule has 0 saturated heterocycles. The molecule has 11 N–H and O–H groups in total. The maximum Gasteiger partial charge on any atom is 0.326 e. The van der Waals surface area contributed by atoms with E-state index >= 15 is 0 Å². The quantitative estimate of drug-likeness (QED) is 0.0883. The van der Waals surface area contributed by atoms with Crippen LogP contribution in [0.2, 0.25) is 0 Å². The molecule has 0 aliphatic heterocycles. The number of primary amides is 1. The molecule has 0 aliphatic rings. The number of nitrogens with zero attached hydrogens (tertiary/aromatic N) is 1. The lowest BCUT2D eigenvalue weighted by Crippen LogP contribution is -2.58. The van der Waals surface area contributed by atoms with Crippen LogP contribution in [0.4, 0.5) is 0 Å². The monoisotopic (exact) mass is 598 g/mol. The highest BCUT2D eigenvalue weighted by Gasteiger charge is 2.31. The molecular formula is C27H34N8O8. The van der Waals surface area contributed by atoms with E-state index in [0.29, 0.717) is 11.3 Å². The molecule has 4 unspecified atom stereocenters. The summed E-state index contributed by atoms with van der Waals surface area (Å²) in [6.45, 7) is 0. The SMILES string of the molecule is NC(=O)CCC(NC(=O)C(Cc1c[nH]c2ccccc12)NC(=O)C(N)CCC(=O)O)C(=O)NC(Cc1cnc[nH]1)C(=O)O. The van der Waals surface area contributed by atoms with Gasteiger partial charge in [-0.25, -0.2) is 9.78 Å². The molecule has 0 bridgehead atoms. The number of nitrogens with two attached hydrogens (primary N) is 2. The van der Waals surface area contributed by atoms with Crippen molar-refractivity contribution in [1.29, 1.82) is 0 Å². The topological polar surface area (TPSA) is 275 Å². The van der Waals surface area contributed by atoms with Crippen molar-refractivity contribution in [3.63, 3.8) is 0 Å². The van der Waals surface area contributed by atoms with Gasteiger partial charge in [0, 0.05) is 54.7 Å². The van der Waals surface area contributed by atoms with Crippen LogP contribution in [0.5, 0.6) is 0 Å². The van der Waals surface area contributed by atoms with Gasteiger partial charge in [0.1, 0.15) is 18.1 Å². The highest BCUT2D eigenvalue weighted by Crippen LogP contribution is 2.19. The van der Waals surface area contributed by atoms with Crippen LogP contribution >= 0.6 is 0 Å². The average molecular weight is 599 g/mol. The number of aliphatic carboxylic acids is 2. The van der Waals surface area contributed by atoms with Crippen molar-refractivity contribution in [1.82, 2.24) is 30.9 Å². The van der Waals surface area contributed by atoms with Crippen LogP contribution in [-0.2, 0) is 41.6 Å². The molecule has 0 fully saturated rings. The number of amides is 4. The first-order valence-corrected chi connectivity index (χ1v) is 13.4. The number of fused-ring (bicyclic) bond motifs is 1. The molecule has 2 aromatic heterocycles. The van der Waals surface area contributed by atoms with E-state index < -0.39 is 59.7 Å². The van der Waals surface area contributed by atoms with Gasteiger partial charge in [-0.15, -0.1) is 0 Å². The third-order valence-corrected chi connectivity index (χ3v) is 6.64. The zero-order valence-corrected chi connectivity index (χ0v) is 23.0. The fourth-order valence-corrected chi connectivity index (χ4v) is 4.33. The number of carboxylic acid groups (broad SMARTS) is 2. The minimum atomic E-state index is -1.40. The Morgan fingerprint density at radius 1 is 0.837 bits per heavy atom. The fourth-order valence-electron chi connectivity index (χ4n) is 4.33. The molecule has 16 heteroatoms. The molecule has 1 aromatic carbocycles. The van der Waals surface area contributed by atoms with Crippen molar-refractivity contribution >= 4 is 46.5 Å². The summed E-state index contributed by atoms with van der Waals surface area (Å²) >= 11 is 0.